The SMILES string of the molecule is COc1ccc2nc(OC(=O)CS)[nH]c2c1.[H-].[Na+]. The molecule has 1 heterocycles. The average Bonchev–Trinajstić information content (AvgIpc) is 2.69. The van der Waals surface area contributed by atoms with Crippen LogP contribution in [0.1, 0.15) is 1.43 Å². The summed E-state index contributed by atoms with van der Waals surface area (Å²) in [5.74, 6) is 0.276. The molecule has 7 heteroatoms. The molecular formula is C10H11N2NaO3S. The third kappa shape index (κ3) is 3.38. The average molecular weight is 262 g/mol. The van der Waals surface area contributed by atoms with Crippen LogP contribution < -0.4 is 39.0 Å². The molecule has 1 N–H and O–H groups in total. The molecule has 2 rings (SSSR count). The van der Waals surface area contributed by atoms with Crippen LogP contribution in [0.15, 0.2) is 18.2 Å². The number of ether oxygens (including phenoxy) is 2. The van der Waals surface area contributed by atoms with Crippen LogP contribution in [0, 0.1) is 0 Å². The number of esters is 1. The molecule has 0 amide bonds. The molecule has 0 atom stereocenters. The number of rotatable bonds is 3. The van der Waals surface area contributed by atoms with Crippen LogP contribution in [0.5, 0.6) is 11.8 Å². The smallest absolute Gasteiger partial charge is 1.00 e. The predicted molar refractivity (Wildman–Crippen MR) is 63.2 cm³/mol. The number of carbonyl (C=O) groups excluding carboxylic acids is 1. The summed E-state index contributed by atoms with van der Waals surface area (Å²) in [4.78, 5) is 18.0. The van der Waals surface area contributed by atoms with Crippen LogP contribution in [-0.2, 0) is 4.79 Å². The van der Waals surface area contributed by atoms with Crippen molar-refractivity contribution in [2.45, 2.75) is 0 Å². The van der Waals surface area contributed by atoms with Crippen LogP contribution in [0.25, 0.3) is 11.0 Å². The summed E-state index contributed by atoms with van der Waals surface area (Å²) in [5, 5.41) is 0. The van der Waals surface area contributed by atoms with E-state index >= 15 is 0 Å². The first-order valence-electron chi connectivity index (χ1n) is 4.58. The van der Waals surface area contributed by atoms with E-state index in [0.29, 0.717) is 11.3 Å². The normalized spacial score (nSPS) is 9.76. The number of nitrogens with zero attached hydrogens (tertiary/aromatic N) is 1. The van der Waals surface area contributed by atoms with Crippen molar-refractivity contribution in [3.8, 4) is 11.8 Å². The Morgan fingerprint density at radius 2 is 2.35 bits per heavy atom. The zero-order valence-corrected chi connectivity index (χ0v) is 12.5. The second-order valence-electron chi connectivity index (χ2n) is 3.06. The molecule has 1 aromatic carbocycles. The fraction of sp³-hybridized carbons (Fsp3) is 0.200. The monoisotopic (exact) mass is 262 g/mol. The third-order valence-electron chi connectivity index (χ3n) is 2.01. The molecule has 0 bridgehead atoms. The van der Waals surface area contributed by atoms with E-state index in [-0.39, 0.29) is 42.7 Å². The van der Waals surface area contributed by atoms with Gasteiger partial charge in [-0.25, -0.2) is 0 Å². The quantitative estimate of drug-likeness (QED) is 0.402. The van der Waals surface area contributed by atoms with E-state index in [2.05, 4.69) is 22.6 Å². The first kappa shape index (κ1) is 14.4. The zero-order valence-electron chi connectivity index (χ0n) is 10.6. The molecule has 86 valence electrons. The minimum absolute atomic E-state index is 0. The van der Waals surface area contributed by atoms with Gasteiger partial charge in [-0.2, -0.15) is 17.6 Å². The number of thiol groups is 1. The summed E-state index contributed by atoms with van der Waals surface area (Å²) in [6, 6.07) is 5.51. The molecule has 17 heavy (non-hydrogen) atoms. The molecule has 0 saturated carbocycles. The Bertz CT molecular complexity index is 535. The zero-order chi connectivity index (χ0) is 11.5. The molecule has 2 aromatic rings. The third-order valence-corrected chi connectivity index (χ3v) is 2.27. The van der Waals surface area contributed by atoms with Crippen LogP contribution in [-0.4, -0.2) is 28.8 Å². The van der Waals surface area contributed by atoms with Gasteiger partial charge < -0.3 is 15.9 Å². The second kappa shape index (κ2) is 6.30. The van der Waals surface area contributed by atoms with Gasteiger partial charge in [-0.15, -0.1) is 0 Å². The maximum Gasteiger partial charge on any atom is 1.00 e. The van der Waals surface area contributed by atoms with Gasteiger partial charge in [0.05, 0.1) is 23.9 Å². The number of H-pyrrole nitrogens is 1. The van der Waals surface area contributed by atoms with Crippen molar-refractivity contribution in [3.63, 3.8) is 0 Å². The van der Waals surface area contributed by atoms with Gasteiger partial charge in [0.1, 0.15) is 5.75 Å². The van der Waals surface area contributed by atoms with Crippen LogP contribution in [0.2, 0.25) is 0 Å². The van der Waals surface area contributed by atoms with Gasteiger partial charge in [0.2, 0.25) is 0 Å². The van der Waals surface area contributed by atoms with E-state index in [9.17, 15) is 4.79 Å². The van der Waals surface area contributed by atoms with E-state index in [4.69, 9.17) is 9.47 Å². The summed E-state index contributed by atoms with van der Waals surface area (Å²) in [7, 11) is 1.58. The van der Waals surface area contributed by atoms with E-state index in [1.807, 2.05) is 0 Å². The maximum atomic E-state index is 11.0. The van der Waals surface area contributed by atoms with Crippen LogP contribution in [0.4, 0.5) is 0 Å². The molecule has 5 nitrogen and oxygen atoms in total. The molecule has 0 unspecified atom stereocenters. The van der Waals surface area contributed by atoms with E-state index in [1.54, 1.807) is 25.3 Å². The minimum Gasteiger partial charge on any atom is -1.00 e. The van der Waals surface area contributed by atoms with Crippen molar-refractivity contribution in [1.82, 2.24) is 9.97 Å². The Labute approximate surface area is 127 Å². The first-order valence-corrected chi connectivity index (χ1v) is 5.21. The number of imidazole rings is 1. The number of nitrogens with one attached hydrogen (secondary N) is 1. The number of hydrogen-bond acceptors (Lipinski definition) is 5. The number of fused-ring (bicyclic) bond motifs is 1. The predicted octanol–water partition coefficient (Wildman–Crippen LogP) is -1.48. The second-order valence-corrected chi connectivity index (χ2v) is 3.37. The molecule has 0 fully saturated rings. The fourth-order valence-corrected chi connectivity index (χ4v) is 1.35. The van der Waals surface area contributed by atoms with E-state index in [0.717, 1.165) is 5.52 Å². The Balaban J connectivity index is 0.00000144. The fourth-order valence-electron chi connectivity index (χ4n) is 1.28. The number of aromatic nitrogens is 2. The van der Waals surface area contributed by atoms with Crippen molar-refractivity contribution < 1.29 is 45.3 Å². The summed E-state index contributed by atoms with van der Waals surface area (Å²) >= 11 is 3.80. The number of methoxy groups -OCH3 is 1. The number of benzene rings is 1. The number of hydrogen-bond donors (Lipinski definition) is 2. The molecular weight excluding hydrogens is 251 g/mol. The molecule has 0 aliphatic rings. The summed E-state index contributed by atoms with van der Waals surface area (Å²) < 4.78 is 9.97. The molecule has 0 aliphatic heterocycles. The van der Waals surface area contributed by atoms with E-state index < -0.39 is 5.97 Å². The van der Waals surface area contributed by atoms with Crippen molar-refractivity contribution in [3.05, 3.63) is 18.2 Å². The van der Waals surface area contributed by atoms with Crippen molar-refractivity contribution >= 4 is 29.6 Å². The van der Waals surface area contributed by atoms with Gasteiger partial charge in [0, 0.05) is 6.07 Å². The molecule has 0 saturated heterocycles. The van der Waals surface area contributed by atoms with Gasteiger partial charge in [-0.05, 0) is 12.1 Å². The van der Waals surface area contributed by atoms with E-state index in [1.165, 1.54) is 0 Å². The summed E-state index contributed by atoms with van der Waals surface area (Å²) in [5.41, 5.74) is 1.46. The van der Waals surface area contributed by atoms with Gasteiger partial charge in [0.25, 0.3) is 0 Å². The van der Waals surface area contributed by atoms with Gasteiger partial charge in [-0.3, -0.25) is 4.79 Å². The summed E-state index contributed by atoms with van der Waals surface area (Å²) in [6.07, 6.45) is 0. The van der Waals surface area contributed by atoms with Gasteiger partial charge in [-0.1, -0.05) is 0 Å². The van der Waals surface area contributed by atoms with Crippen LogP contribution in [0.3, 0.4) is 0 Å². The Morgan fingerprint density at radius 1 is 1.59 bits per heavy atom. The number of aromatic amines is 1. The molecule has 1 aromatic heterocycles. The first-order chi connectivity index (χ1) is 7.72. The minimum atomic E-state index is -0.450. The maximum absolute atomic E-state index is 11.0. The molecule has 0 spiro atoms. The van der Waals surface area contributed by atoms with Gasteiger partial charge >= 0.3 is 41.5 Å². The Morgan fingerprint density at radius 3 is 3.00 bits per heavy atom. The Hall–Kier alpha value is -0.690. The van der Waals surface area contributed by atoms with Crippen molar-refractivity contribution in [1.29, 1.82) is 0 Å². The Kier molecular flexibility index (Phi) is 5.32. The molecule has 0 radical (unpaired) electrons. The largest absolute Gasteiger partial charge is 1.00 e. The van der Waals surface area contributed by atoms with Crippen molar-refractivity contribution in [2.24, 2.45) is 0 Å². The standard InChI is InChI=1S/C10H10N2O3S.Na.H/c1-14-6-2-3-7-8(4-6)12-10(11-7)15-9(13)5-16;;/h2-4,16H,5H2,1H3,(H,11,12);;/q;+1;-1. The summed E-state index contributed by atoms with van der Waals surface area (Å²) in [6.45, 7) is 0. The van der Waals surface area contributed by atoms with Crippen molar-refractivity contribution in [2.75, 3.05) is 12.9 Å². The number of carbonyl (C=O) groups is 1. The topological polar surface area (TPSA) is 64.2 Å². The van der Waals surface area contributed by atoms with Gasteiger partial charge in [0.15, 0.2) is 0 Å². The molecule has 0 aliphatic carbocycles. The van der Waals surface area contributed by atoms with Crippen LogP contribution >= 0.6 is 12.6 Å².